The second kappa shape index (κ2) is 6.42. The zero-order chi connectivity index (χ0) is 17.4. The third kappa shape index (κ3) is 2.74. The minimum absolute atomic E-state index is 0.169. The molecule has 3 rings (SSSR count). The zero-order valence-corrected chi connectivity index (χ0v) is 15.3. The fourth-order valence-electron chi connectivity index (χ4n) is 4.13. The average molecular weight is 325 g/mol. The molecule has 0 saturated carbocycles. The van der Waals surface area contributed by atoms with Gasteiger partial charge in [0.05, 0.1) is 17.7 Å². The van der Waals surface area contributed by atoms with Crippen molar-refractivity contribution >= 4 is 5.91 Å². The van der Waals surface area contributed by atoms with Crippen LogP contribution in [0.3, 0.4) is 0 Å². The third-order valence-electron chi connectivity index (χ3n) is 5.52. The van der Waals surface area contributed by atoms with Gasteiger partial charge in [0.2, 0.25) is 5.91 Å². The summed E-state index contributed by atoms with van der Waals surface area (Å²) >= 11 is 0. The summed E-state index contributed by atoms with van der Waals surface area (Å²) in [5.74, 6) is 0.00805. The molecule has 0 bridgehead atoms. The lowest BCUT2D eigenvalue weighted by Crippen LogP contribution is -2.36. The van der Waals surface area contributed by atoms with E-state index >= 15 is 0 Å². The molecule has 1 aliphatic rings. The summed E-state index contributed by atoms with van der Waals surface area (Å²) in [6.45, 7) is 6.03. The molecule has 2 aromatic rings. The van der Waals surface area contributed by atoms with Gasteiger partial charge in [-0.25, -0.2) is 0 Å². The lowest BCUT2D eigenvalue weighted by Gasteiger charge is -2.35. The van der Waals surface area contributed by atoms with Crippen LogP contribution in [0.5, 0.6) is 0 Å². The maximum absolute atomic E-state index is 13.2. The molecule has 4 nitrogen and oxygen atoms in total. The Labute approximate surface area is 144 Å². The second-order valence-corrected chi connectivity index (χ2v) is 6.99. The molecule has 1 heterocycles. The van der Waals surface area contributed by atoms with Gasteiger partial charge in [-0.3, -0.25) is 9.48 Å². The van der Waals surface area contributed by atoms with E-state index in [0.29, 0.717) is 0 Å². The fourth-order valence-corrected chi connectivity index (χ4v) is 4.13. The molecule has 0 spiro atoms. The Balaban J connectivity index is 1.88. The molecular formula is C20H27N3O. The minimum atomic E-state index is -0.169. The molecule has 2 atom stereocenters. The van der Waals surface area contributed by atoms with Crippen molar-refractivity contribution in [2.24, 2.45) is 7.05 Å². The Hall–Kier alpha value is -2.10. The van der Waals surface area contributed by atoms with Crippen molar-refractivity contribution in [1.82, 2.24) is 14.7 Å². The molecule has 1 aliphatic carbocycles. The number of fused-ring (bicyclic) bond motifs is 1. The van der Waals surface area contributed by atoms with Gasteiger partial charge in [-0.15, -0.1) is 0 Å². The highest BCUT2D eigenvalue weighted by atomic mass is 16.2. The third-order valence-corrected chi connectivity index (χ3v) is 5.52. The van der Waals surface area contributed by atoms with Crippen LogP contribution in [0.15, 0.2) is 24.3 Å². The largest absolute Gasteiger partial charge is 0.338 e. The summed E-state index contributed by atoms with van der Waals surface area (Å²) in [5.41, 5.74) is 5.79. The molecule has 0 saturated heterocycles. The first-order valence-corrected chi connectivity index (χ1v) is 8.76. The number of carbonyl (C=O) groups excluding carboxylic acids is 1. The van der Waals surface area contributed by atoms with E-state index < -0.39 is 0 Å². The van der Waals surface area contributed by atoms with Crippen LogP contribution in [0.1, 0.15) is 59.8 Å². The van der Waals surface area contributed by atoms with Gasteiger partial charge in [0.15, 0.2) is 0 Å². The molecule has 1 amide bonds. The maximum Gasteiger partial charge on any atom is 0.230 e. The van der Waals surface area contributed by atoms with E-state index in [1.807, 2.05) is 44.4 Å². The smallest absolute Gasteiger partial charge is 0.230 e. The summed E-state index contributed by atoms with van der Waals surface area (Å²) in [4.78, 5) is 15.1. The van der Waals surface area contributed by atoms with E-state index in [-0.39, 0.29) is 17.9 Å². The highest BCUT2D eigenvalue weighted by molar-refractivity contribution is 5.84. The first kappa shape index (κ1) is 16.7. The Morgan fingerprint density at radius 2 is 2.04 bits per heavy atom. The summed E-state index contributed by atoms with van der Waals surface area (Å²) in [5, 5.41) is 4.47. The van der Waals surface area contributed by atoms with Gasteiger partial charge in [0.25, 0.3) is 0 Å². The first-order valence-electron chi connectivity index (χ1n) is 8.76. The van der Waals surface area contributed by atoms with Crippen molar-refractivity contribution in [2.75, 3.05) is 7.05 Å². The molecule has 1 aromatic carbocycles. The van der Waals surface area contributed by atoms with Crippen molar-refractivity contribution in [3.05, 3.63) is 52.3 Å². The molecule has 128 valence electrons. The Morgan fingerprint density at radius 3 is 2.71 bits per heavy atom. The number of rotatable bonds is 3. The molecule has 0 radical (unpaired) electrons. The van der Waals surface area contributed by atoms with Crippen LogP contribution in [0, 0.1) is 13.8 Å². The summed E-state index contributed by atoms with van der Waals surface area (Å²) in [7, 11) is 3.89. The van der Waals surface area contributed by atoms with Crippen LogP contribution in [-0.4, -0.2) is 27.6 Å². The van der Waals surface area contributed by atoms with Crippen molar-refractivity contribution in [3.63, 3.8) is 0 Å². The maximum atomic E-state index is 13.2. The summed E-state index contributed by atoms with van der Waals surface area (Å²) < 4.78 is 1.87. The summed E-state index contributed by atoms with van der Waals surface area (Å²) in [6, 6.07) is 8.72. The predicted octanol–water partition coefficient (Wildman–Crippen LogP) is 3.68. The number of carbonyl (C=O) groups is 1. The highest BCUT2D eigenvalue weighted by Crippen LogP contribution is 2.35. The van der Waals surface area contributed by atoms with Gasteiger partial charge < -0.3 is 4.90 Å². The van der Waals surface area contributed by atoms with Crippen LogP contribution < -0.4 is 0 Å². The van der Waals surface area contributed by atoms with Crippen LogP contribution >= 0.6 is 0 Å². The van der Waals surface area contributed by atoms with E-state index in [1.54, 1.807) is 0 Å². The Morgan fingerprint density at radius 1 is 1.33 bits per heavy atom. The standard InChI is InChI=1S/C20H27N3O/c1-13(19-14(2)21-23(5)15(19)3)20(24)22(4)18-12-8-10-16-9-6-7-11-17(16)18/h6-7,9,11,13,18H,8,10,12H2,1-5H3/t13-,18-/m1/s1. The van der Waals surface area contributed by atoms with Crippen LogP contribution in [0.2, 0.25) is 0 Å². The molecule has 4 heteroatoms. The van der Waals surface area contributed by atoms with Gasteiger partial charge >= 0.3 is 0 Å². The monoisotopic (exact) mass is 325 g/mol. The Bertz CT molecular complexity index is 762. The number of benzene rings is 1. The number of hydrogen-bond donors (Lipinski definition) is 0. The molecule has 0 aliphatic heterocycles. The number of aromatic nitrogens is 2. The Kier molecular flexibility index (Phi) is 4.48. The predicted molar refractivity (Wildman–Crippen MR) is 96.0 cm³/mol. The van der Waals surface area contributed by atoms with Gasteiger partial charge in [-0.05, 0) is 51.2 Å². The van der Waals surface area contributed by atoms with Gasteiger partial charge in [-0.2, -0.15) is 5.10 Å². The zero-order valence-electron chi connectivity index (χ0n) is 15.3. The SMILES string of the molecule is Cc1nn(C)c(C)c1[C@@H](C)C(=O)N(C)[C@@H]1CCCc2ccccc21. The van der Waals surface area contributed by atoms with Crippen molar-refractivity contribution in [1.29, 1.82) is 0 Å². The lowest BCUT2D eigenvalue weighted by atomic mass is 9.86. The van der Waals surface area contributed by atoms with Crippen LogP contribution in [0.25, 0.3) is 0 Å². The average Bonchev–Trinajstić information content (AvgIpc) is 2.84. The van der Waals surface area contributed by atoms with E-state index in [9.17, 15) is 4.79 Å². The quantitative estimate of drug-likeness (QED) is 0.863. The first-order chi connectivity index (χ1) is 11.4. The minimum Gasteiger partial charge on any atom is -0.338 e. The number of nitrogens with zero attached hydrogens (tertiary/aromatic N) is 3. The molecular weight excluding hydrogens is 298 g/mol. The van der Waals surface area contributed by atoms with Gasteiger partial charge in [0.1, 0.15) is 0 Å². The van der Waals surface area contributed by atoms with E-state index in [2.05, 4.69) is 29.4 Å². The van der Waals surface area contributed by atoms with Crippen molar-refractivity contribution in [2.45, 2.75) is 52.0 Å². The summed E-state index contributed by atoms with van der Waals surface area (Å²) in [6.07, 6.45) is 3.29. The van der Waals surface area contributed by atoms with Crippen molar-refractivity contribution in [3.8, 4) is 0 Å². The van der Waals surface area contributed by atoms with Gasteiger partial charge in [-0.1, -0.05) is 24.3 Å². The molecule has 0 N–H and O–H groups in total. The molecule has 0 unspecified atom stereocenters. The highest BCUT2D eigenvalue weighted by Gasteiger charge is 2.31. The fraction of sp³-hybridized carbons (Fsp3) is 0.500. The van der Waals surface area contributed by atoms with E-state index in [0.717, 1.165) is 36.2 Å². The van der Waals surface area contributed by atoms with E-state index in [4.69, 9.17) is 0 Å². The number of hydrogen-bond acceptors (Lipinski definition) is 2. The number of amides is 1. The molecule has 0 fully saturated rings. The van der Waals surface area contributed by atoms with Gasteiger partial charge in [0, 0.05) is 25.4 Å². The van der Waals surface area contributed by atoms with Crippen LogP contribution in [-0.2, 0) is 18.3 Å². The van der Waals surface area contributed by atoms with Crippen LogP contribution in [0.4, 0.5) is 0 Å². The second-order valence-electron chi connectivity index (χ2n) is 6.99. The van der Waals surface area contributed by atoms with E-state index in [1.165, 1.54) is 11.1 Å². The lowest BCUT2D eigenvalue weighted by molar-refractivity contribution is -0.133. The molecule has 24 heavy (non-hydrogen) atoms. The normalized spacial score (nSPS) is 18.1. The molecule has 1 aromatic heterocycles. The van der Waals surface area contributed by atoms with Crippen molar-refractivity contribution < 1.29 is 4.79 Å². The number of likely N-dealkylation sites (N-methyl/N-ethyl adjacent to an activating group) is 1. The topological polar surface area (TPSA) is 38.1 Å². The number of aryl methyl sites for hydroxylation is 3.